The zero-order chi connectivity index (χ0) is 94.7. The lowest BCUT2D eigenvalue weighted by molar-refractivity contribution is -0.145. The summed E-state index contributed by atoms with van der Waals surface area (Å²) in [5.41, 5.74) is -2.96. The molecule has 41 nitrogen and oxygen atoms in total. The number of carbonyl (C=O) groups is 20. The molecular weight excluding hydrogens is 1590 g/mol. The van der Waals surface area contributed by atoms with Crippen molar-refractivity contribution in [2.45, 2.75) is 343 Å². The first-order chi connectivity index (χ1) is 55.7. The Bertz CT molecular complexity index is 3820. The first kappa shape index (κ1) is 109. The van der Waals surface area contributed by atoms with E-state index in [9.17, 15) is 101 Å². The summed E-state index contributed by atoms with van der Waals surface area (Å²) in [5.74, 6) is -17.1. The van der Waals surface area contributed by atoms with Crippen molar-refractivity contribution in [2.24, 2.45) is 35.1 Å². The molecule has 10 atom stereocenters. The predicted octanol–water partition coefficient (Wildman–Crippen LogP) is -3.10. The maximum absolute atomic E-state index is 14.6. The van der Waals surface area contributed by atoms with Gasteiger partial charge in [-0.3, -0.25) is 95.9 Å². The number of amides is 20. The lowest BCUT2D eigenvalue weighted by Gasteiger charge is -2.36. The summed E-state index contributed by atoms with van der Waals surface area (Å²) in [7, 11) is 0. The van der Waals surface area contributed by atoms with E-state index in [-0.39, 0.29) is 69.2 Å². The molecule has 0 radical (unpaired) electrons. The Morgan fingerprint density at radius 3 is 1.23 bits per heavy atom. The van der Waals surface area contributed by atoms with E-state index in [0.717, 1.165) is 0 Å². The van der Waals surface area contributed by atoms with Crippen LogP contribution < -0.4 is 102 Å². The molecular formula is C81H142N20O21. The fraction of sp³-hybridized carbons (Fsp3) is 0.753. The summed E-state index contributed by atoms with van der Waals surface area (Å²) in [6.07, 6.45) is -0.456. The third kappa shape index (κ3) is 35.1. The Morgan fingerprint density at radius 2 is 0.779 bits per heavy atom. The van der Waals surface area contributed by atoms with Crippen molar-refractivity contribution in [3.8, 4) is 0 Å². The highest BCUT2D eigenvalue weighted by molar-refractivity contribution is 6.04. The number of hydrogen-bond donors (Lipinski definition) is 20. The average molecular weight is 1730 g/mol. The Hall–Kier alpha value is -10.6. The highest BCUT2D eigenvalue weighted by atomic mass is 16.3. The Morgan fingerprint density at radius 1 is 0.393 bits per heavy atom. The maximum atomic E-state index is 14.6. The van der Waals surface area contributed by atoms with Gasteiger partial charge in [0.1, 0.15) is 86.6 Å². The van der Waals surface area contributed by atoms with Crippen molar-refractivity contribution in [2.75, 3.05) is 26.2 Å². The van der Waals surface area contributed by atoms with E-state index in [1.54, 1.807) is 48.5 Å². The van der Waals surface area contributed by atoms with E-state index < -0.39 is 249 Å². The summed E-state index contributed by atoms with van der Waals surface area (Å²) in [6, 6.07) is -9.89. The van der Waals surface area contributed by atoms with Gasteiger partial charge in [0.2, 0.25) is 118 Å². The predicted molar refractivity (Wildman–Crippen MR) is 450 cm³/mol. The number of aliphatic hydroxyl groups excluding tert-OH is 1. The van der Waals surface area contributed by atoms with Crippen molar-refractivity contribution in [1.82, 2.24) is 95.3 Å². The largest absolute Gasteiger partial charge is 0.394 e. The monoisotopic (exact) mass is 1730 g/mol. The minimum absolute atomic E-state index is 0.0131. The first-order valence-corrected chi connectivity index (χ1v) is 41.4. The van der Waals surface area contributed by atoms with Crippen LogP contribution in [0, 0.1) is 23.7 Å². The van der Waals surface area contributed by atoms with Crippen LogP contribution in [0.5, 0.6) is 0 Å². The zero-order valence-electron chi connectivity index (χ0n) is 76.2. The van der Waals surface area contributed by atoms with Crippen molar-refractivity contribution < 1.29 is 101 Å². The number of carbonyl (C=O) groups excluding carboxylic acids is 20. The number of aliphatic hydroxyl groups is 1. The van der Waals surface area contributed by atoms with E-state index in [4.69, 9.17) is 11.5 Å². The number of nitrogens with zero attached hydrogens (tertiary/aromatic N) is 1. The number of rotatable bonds is 50. The van der Waals surface area contributed by atoms with Gasteiger partial charge in [0, 0.05) is 26.3 Å². The molecule has 0 aliphatic carbocycles. The maximum Gasteiger partial charge on any atom is 0.248 e. The lowest BCUT2D eigenvalue weighted by Crippen LogP contribution is -2.67. The smallest absolute Gasteiger partial charge is 0.248 e. The summed E-state index contributed by atoms with van der Waals surface area (Å²) >= 11 is 0. The van der Waals surface area contributed by atoms with Crippen LogP contribution >= 0.6 is 0 Å². The van der Waals surface area contributed by atoms with Gasteiger partial charge >= 0.3 is 0 Å². The van der Waals surface area contributed by atoms with Crippen molar-refractivity contribution in [3.63, 3.8) is 0 Å². The van der Waals surface area contributed by atoms with E-state index in [1.807, 2.05) is 13.8 Å². The van der Waals surface area contributed by atoms with Crippen molar-refractivity contribution in [3.05, 3.63) is 0 Å². The highest BCUT2D eigenvalue weighted by Gasteiger charge is 2.48. The van der Waals surface area contributed by atoms with Gasteiger partial charge in [-0.2, -0.15) is 0 Å². The van der Waals surface area contributed by atoms with Gasteiger partial charge in [-0.05, 0) is 185 Å². The normalized spacial score (nSPS) is 16.0. The standard InChI is InChI=1S/C81H142N20O21/c1-27-80(25,98-61(110)50(32-34-55(83)105)90-68(117)76(17,18)99-69(118)77(19,20)94-59(108)46(11)86-56(106)39-84-66(115)74(13,14)93-47(12)103)72(121)92-58(45(9)10)65(114)97-75(15,16)67(116)85-40-57(107)88-51(37-43(5)6)62(111)96-79(23,24)73(122)101-35-29-30-53(101)64(113)89-52(38-44(7)8)63(112)95-78(21,22)70(119)100-81(26,28-2)71(120)91-49(31-33-54(82)104)60(109)87-48(41-102)36-42(3)4/h42-46,48-53,58,102H,27-41H2,1-26H3,(H2,82,104)(H2,83,105)(H,84,115)(H,85,116)(H,86,106)(H,87,109)(H,88,107)(H,89,113)(H,90,117)(H,91,120)(H,92,121)(H,93,103)(H,94,108)(H,95,112)(H,96,111)(H,97,114)(H,98,110)(H,99,118)(H,100,119)/t46-,48-,49-,50-,51-,52-,53+,58-,80+,81+/m0/s1. The molecule has 1 rings (SSSR count). The minimum atomic E-state index is -1.86. The second-order valence-corrected chi connectivity index (χ2v) is 36.7. The summed E-state index contributed by atoms with van der Waals surface area (Å²) in [4.78, 5) is 272. The molecule has 0 aromatic rings. The molecule has 20 amide bonds. The fourth-order valence-electron chi connectivity index (χ4n) is 12.5. The quantitative estimate of drug-likeness (QED) is 0.0287. The number of nitrogens with one attached hydrogen (secondary N) is 17. The van der Waals surface area contributed by atoms with Crippen LogP contribution in [0.2, 0.25) is 0 Å². The van der Waals surface area contributed by atoms with Gasteiger partial charge in [0.25, 0.3) is 0 Å². The van der Waals surface area contributed by atoms with Crippen LogP contribution in [0.25, 0.3) is 0 Å². The van der Waals surface area contributed by atoms with Gasteiger partial charge in [-0.1, -0.05) is 69.2 Å². The third-order valence-electron chi connectivity index (χ3n) is 20.5. The van der Waals surface area contributed by atoms with Crippen molar-refractivity contribution in [1.29, 1.82) is 0 Å². The summed E-state index contributed by atoms with van der Waals surface area (Å²) < 4.78 is 0. The van der Waals surface area contributed by atoms with E-state index in [1.165, 1.54) is 123 Å². The van der Waals surface area contributed by atoms with Gasteiger partial charge in [0.15, 0.2) is 0 Å². The second-order valence-electron chi connectivity index (χ2n) is 36.7. The van der Waals surface area contributed by atoms with E-state index in [2.05, 4.69) is 90.4 Å². The fourth-order valence-corrected chi connectivity index (χ4v) is 12.5. The van der Waals surface area contributed by atoms with Crippen LogP contribution in [-0.4, -0.2) is 247 Å². The Labute approximate surface area is 716 Å². The highest BCUT2D eigenvalue weighted by Crippen LogP contribution is 2.25. The topological polar surface area (TPSA) is 621 Å². The number of primary amides is 2. The summed E-state index contributed by atoms with van der Waals surface area (Å²) in [5, 5.41) is 53.6. The molecule has 1 saturated heterocycles. The Balaban J connectivity index is 3.25. The van der Waals surface area contributed by atoms with E-state index in [0.29, 0.717) is 12.8 Å². The third-order valence-corrected chi connectivity index (χ3v) is 20.5. The zero-order valence-corrected chi connectivity index (χ0v) is 76.2. The molecule has 692 valence electrons. The van der Waals surface area contributed by atoms with Crippen LogP contribution in [0.15, 0.2) is 0 Å². The molecule has 0 saturated carbocycles. The molecule has 22 N–H and O–H groups in total. The molecule has 1 heterocycles. The van der Waals surface area contributed by atoms with Gasteiger partial charge in [-0.15, -0.1) is 0 Å². The molecule has 122 heavy (non-hydrogen) atoms. The number of nitrogens with two attached hydrogens (primary N) is 2. The number of hydrogen-bond acceptors (Lipinski definition) is 21. The second kappa shape index (κ2) is 46.6. The molecule has 0 bridgehead atoms. The van der Waals surface area contributed by atoms with E-state index >= 15 is 0 Å². The van der Waals surface area contributed by atoms with Crippen molar-refractivity contribution >= 4 is 118 Å². The first-order valence-electron chi connectivity index (χ1n) is 41.4. The number of likely N-dealkylation sites (tertiary alicyclic amines) is 1. The molecule has 0 spiro atoms. The molecule has 1 aliphatic rings. The SMILES string of the molecule is CC[C@@](C)(NC(=O)[C@H](CCC(N)=O)NC(=O)C(C)(C)NC(=O)C(C)(C)NC(=O)[C@H](C)NC(=O)CNC(=O)C(C)(C)NC(C)=O)C(=O)N[C@H](C(=O)NC(C)(C)C(=O)NCC(=O)N[C@@H](CC(C)C)C(=O)NC(C)(C)C(=O)N1CCC[C@@H]1C(=O)N[C@@H](CC(C)C)C(=O)NC(C)(C)C(=O)N[C@](C)(CC)C(=O)N[C@@H](CCC(N)=O)C(=O)N[C@H](CO)CC(C)C)C(C)C. The van der Waals surface area contributed by atoms with Crippen LogP contribution in [0.3, 0.4) is 0 Å². The average Bonchev–Trinajstić information content (AvgIpc) is 1.69. The van der Waals surface area contributed by atoms with Gasteiger partial charge in [0.05, 0.1) is 25.7 Å². The van der Waals surface area contributed by atoms with Crippen LogP contribution in [0.4, 0.5) is 0 Å². The van der Waals surface area contributed by atoms with Crippen LogP contribution in [0.1, 0.15) is 251 Å². The molecule has 1 fully saturated rings. The van der Waals surface area contributed by atoms with Gasteiger partial charge in [-0.25, -0.2) is 0 Å². The minimum Gasteiger partial charge on any atom is -0.394 e. The molecule has 0 unspecified atom stereocenters. The van der Waals surface area contributed by atoms with Crippen LogP contribution in [-0.2, 0) is 95.9 Å². The molecule has 0 aromatic heterocycles. The molecule has 1 aliphatic heterocycles. The van der Waals surface area contributed by atoms with Gasteiger partial charge < -0.3 is 112 Å². The Kier molecular flexibility index (Phi) is 41.7. The summed E-state index contributed by atoms with van der Waals surface area (Å²) in [6.45, 7) is 37.0. The molecule has 0 aromatic carbocycles. The molecule has 41 heteroatoms. The lowest BCUT2D eigenvalue weighted by atomic mass is 9.93.